The molecule has 2 heterocycles. The summed E-state index contributed by atoms with van der Waals surface area (Å²) in [5.41, 5.74) is 1.46. The van der Waals surface area contributed by atoms with Gasteiger partial charge in [-0.25, -0.2) is 9.78 Å². The maximum absolute atomic E-state index is 11.7. The van der Waals surface area contributed by atoms with E-state index in [4.69, 9.17) is 20.8 Å². The van der Waals surface area contributed by atoms with E-state index >= 15 is 0 Å². The van der Waals surface area contributed by atoms with E-state index in [0.29, 0.717) is 21.1 Å². The lowest BCUT2D eigenvalue weighted by molar-refractivity contribution is -0.138. The van der Waals surface area contributed by atoms with Crippen LogP contribution in [0.4, 0.5) is 0 Å². The Kier molecular flexibility index (Phi) is 4.79. The minimum Gasteiger partial charge on any atom is -0.458 e. The lowest BCUT2D eigenvalue weighted by atomic mass is 10.2. The number of carbonyl (C=O) groups excluding carboxylic acids is 1. The van der Waals surface area contributed by atoms with Crippen molar-refractivity contribution in [2.45, 2.75) is 6.61 Å². The fourth-order valence-corrected chi connectivity index (χ4v) is 2.52. The molecule has 23 heavy (non-hydrogen) atoms. The topological polar surface area (TPSA) is 52.3 Å². The molecule has 0 N–H and O–H groups in total. The van der Waals surface area contributed by atoms with Gasteiger partial charge in [-0.3, -0.25) is 0 Å². The normalized spacial score (nSPS) is 11.2. The number of hydrogen-bond donors (Lipinski definition) is 0. The summed E-state index contributed by atoms with van der Waals surface area (Å²) in [5, 5.41) is 1.27. The van der Waals surface area contributed by atoms with Crippen LogP contribution in [0, 0.1) is 0 Å². The molecule has 0 atom stereocenters. The van der Waals surface area contributed by atoms with Gasteiger partial charge in [0.25, 0.3) is 0 Å². The van der Waals surface area contributed by atoms with Crippen molar-refractivity contribution in [1.29, 1.82) is 0 Å². The SMILES string of the molecule is O=C(/C=C/c1ccc(Br)o1)OCc1cc2ccccc2nc1Cl. The number of fused-ring (bicyclic) bond motifs is 1. The second-order valence-electron chi connectivity index (χ2n) is 4.71. The van der Waals surface area contributed by atoms with Crippen molar-refractivity contribution in [2.75, 3.05) is 0 Å². The van der Waals surface area contributed by atoms with E-state index in [2.05, 4.69) is 20.9 Å². The van der Waals surface area contributed by atoms with Gasteiger partial charge in [-0.15, -0.1) is 0 Å². The van der Waals surface area contributed by atoms with E-state index in [9.17, 15) is 4.79 Å². The number of esters is 1. The first-order chi connectivity index (χ1) is 11.1. The number of carbonyl (C=O) groups is 1. The zero-order valence-corrected chi connectivity index (χ0v) is 14.2. The summed E-state index contributed by atoms with van der Waals surface area (Å²) >= 11 is 9.31. The average Bonchev–Trinajstić information content (AvgIpc) is 2.96. The maximum atomic E-state index is 11.7. The zero-order chi connectivity index (χ0) is 16.2. The minimum atomic E-state index is -0.484. The van der Waals surface area contributed by atoms with Gasteiger partial charge in [-0.2, -0.15) is 0 Å². The summed E-state index contributed by atoms with van der Waals surface area (Å²) in [6, 6.07) is 13.0. The summed E-state index contributed by atoms with van der Waals surface area (Å²) in [7, 11) is 0. The highest BCUT2D eigenvalue weighted by atomic mass is 79.9. The van der Waals surface area contributed by atoms with Gasteiger partial charge in [0.2, 0.25) is 0 Å². The predicted molar refractivity (Wildman–Crippen MR) is 92.0 cm³/mol. The van der Waals surface area contributed by atoms with Crippen molar-refractivity contribution in [1.82, 2.24) is 4.98 Å². The summed E-state index contributed by atoms with van der Waals surface area (Å²) < 4.78 is 11.0. The van der Waals surface area contributed by atoms with Crippen LogP contribution < -0.4 is 0 Å². The van der Waals surface area contributed by atoms with E-state index in [-0.39, 0.29) is 6.61 Å². The lowest BCUT2D eigenvalue weighted by Gasteiger charge is -2.06. The van der Waals surface area contributed by atoms with Crippen molar-refractivity contribution in [2.24, 2.45) is 0 Å². The van der Waals surface area contributed by atoms with Crippen LogP contribution in [0.2, 0.25) is 5.15 Å². The molecule has 3 rings (SSSR count). The van der Waals surface area contributed by atoms with Gasteiger partial charge < -0.3 is 9.15 Å². The third kappa shape index (κ3) is 4.00. The summed E-state index contributed by atoms with van der Waals surface area (Å²) in [5.74, 6) is 0.0703. The van der Waals surface area contributed by atoms with Crippen LogP contribution in [-0.2, 0) is 16.1 Å². The third-order valence-electron chi connectivity index (χ3n) is 3.10. The number of rotatable bonds is 4. The van der Waals surface area contributed by atoms with Crippen molar-refractivity contribution >= 4 is 50.5 Å². The molecule has 0 aliphatic carbocycles. The molecule has 0 spiro atoms. The second kappa shape index (κ2) is 6.98. The first kappa shape index (κ1) is 15.8. The molecular formula is C17H11BrClNO3. The molecule has 0 amide bonds. The van der Waals surface area contributed by atoms with Gasteiger partial charge in [0.15, 0.2) is 4.67 Å². The largest absolute Gasteiger partial charge is 0.458 e. The molecule has 1 aromatic carbocycles. The van der Waals surface area contributed by atoms with E-state index in [1.807, 2.05) is 30.3 Å². The number of nitrogens with zero attached hydrogens (tertiary/aromatic N) is 1. The number of hydrogen-bond acceptors (Lipinski definition) is 4. The predicted octanol–water partition coefficient (Wildman–Crippen LogP) is 5.00. The Hall–Kier alpha value is -2.11. The molecule has 0 saturated heterocycles. The smallest absolute Gasteiger partial charge is 0.331 e. The fraction of sp³-hybridized carbons (Fsp3) is 0.0588. The van der Waals surface area contributed by atoms with Crippen LogP contribution in [0.5, 0.6) is 0 Å². The van der Waals surface area contributed by atoms with Crippen LogP contribution in [0.25, 0.3) is 17.0 Å². The van der Waals surface area contributed by atoms with Gasteiger partial charge in [0, 0.05) is 17.0 Å². The third-order valence-corrected chi connectivity index (χ3v) is 3.85. The molecule has 0 unspecified atom stereocenters. The Morgan fingerprint density at radius 2 is 2.13 bits per heavy atom. The van der Waals surface area contributed by atoms with Gasteiger partial charge in [0.1, 0.15) is 17.5 Å². The van der Waals surface area contributed by atoms with E-state index < -0.39 is 5.97 Å². The Morgan fingerprint density at radius 1 is 1.30 bits per heavy atom. The molecule has 6 heteroatoms. The minimum absolute atomic E-state index is 0.0572. The van der Waals surface area contributed by atoms with Crippen LogP contribution in [0.15, 0.2) is 57.6 Å². The fourth-order valence-electron chi connectivity index (χ4n) is 2.00. The average molecular weight is 393 g/mol. The molecule has 0 fully saturated rings. The monoisotopic (exact) mass is 391 g/mol. The molecule has 4 nitrogen and oxygen atoms in total. The molecule has 0 aliphatic heterocycles. The van der Waals surface area contributed by atoms with E-state index in [0.717, 1.165) is 10.9 Å². The van der Waals surface area contributed by atoms with Crippen LogP contribution >= 0.6 is 27.5 Å². The molecule has 0 radical (unpaired) electrons. The molecule has 0 bridgehead atoms. The number of furan rings is 1. The summed E-state index contributed by atoms with van der Waals surface area (Å²) in [6.45, 7) is 0.0572. The standard InChI is InChI=1S/C17H11BrClNO3/c18-15-7-5-13(23-15)6-8-16(21)22-10-12-9-11-3-1-2-4-14(11)20-17(12)19/h1-9H,10H2/b8-6+. The van der Waals surface area contributed by atoms with Crippen molar-refractivity contribution < 1.29 is 13.9 Å². The van der Waals surface area contributed by atoms with Crippen LogP contribution in [0.1, 0.15) is 11.3 Å². The first-order valence-electron chi connectivity index (χ1n) is 6.76. The highest BCUT2D eigenvalue weighted by molar-refractivity contribution is 9.10. The molecular weight excluding hydrogens is 382 g/mol. The molecule has 0 saturated carbocycles. The van der Waals surface area contributed by atoms with Crippen molar-refractivity contribution in [3.63, 3.8) is 0 Å². The van der Waals surface area contributed by atoms with Gasteiger partial charge in [-0.05, 0) is 46.3 Å². The number of halogens is 2. The second-order valence-corrected chi connectivity index (χ2v) is 5.85. The Labute approximate surface area is 145 Å². The zero-order valence-electron chi connectivity index (χ0n) is 11.8. The van der Waals surface area contributed by atoms with Crippen molar-refractivity contribution in [3.8, 4) is 0 Å². The lowest BCUT2D eigenvalue weighted by Crippen LogP contribution is -2.02. The Bertz CT molecular complexity index is 888. The van der Waals surface area contributed by atoms with Gasteiger partial charge in [0.05, 0.1) is 5.52 Å². The molecule has 3 aromatic rings. The first-order valence-corrected chi connectivity index (χ1v) is 7.93. The van der Waals surface area contributed by atoms with E-state index in [1.165, 1.54) is 12.2 Å². The number of aromatic nitrogens is 1. The number of para-hydroxylation sites is 1. The molecule has 116 valence electrons. The van der Waals surface area contributed by atoms with Crippen LogP contribution in [0.3, 0.4) is 0 Å². The molecule has 2 aromatic heterocycles. The van der Waals surface area contributed by atoms with E-state index in [1.54, 1.807) is 12.1 Å². The Balaban J connectivity index is 1.66. The van der Waals surface area contributed by atoms with Crippen molar-refractivity contribution in [3.05, 3.63) is 69.7 Å². The number of ether oxygens (including phenoxy) is 1. The highest BCUT2D eigenvalue weighted by Crippen LogP contribution is 2.21. The quantitative estimate of drug-likeness (QED) is 0.356. The van der Waals surface area contributed by atoms with Gasteiger partial charge >= 0.3 is 5.97 Å². The molecule has 0 aliphatic rings. The summed E-state index contributed by atoms with van der Waals surface area (Å²) in [4.78, 5) is 16.0. The summed E-state index contributed by atoms with van der Waals surface area (Å²) in [6.07, 6.45) is 2.83. The Morgan fingerprint density at radius 3 is 2.91 bits per heavy atom. The highest BCUT2D eigenvalue weighted by Gasteiger charge is 2.07. The number of benzene rings is 1. The van der Waals surface area contributed by atoms with Gasteiger partial charge in [-0.1, -0.05) is 29.8 Å². The number of pyridine rings is 1. The maximum Gasteiger partial charge on any atom is 0.331 e. The van der Waals surface area contributed by atoms with Crippen LogP contribution in [-0.4, -0.2) is 11.0 Å².